The predicted octanol–water partition coefficient (Wildman–Crippen LogP) is 3.78. The maximum absolute atomic E-state index is 13.9. The number of furan rings is 1. The lowest BCUT2D eigenvalue weighted by Gasteiger charge is -2.24. The molecule has 0 spiro atoms. The quantitative estimate of drug-likeness (QED) is 0.607. The van der Waals surface area contributed by atoms with Gasteiger partial charge in [0.25, 0.3) is 10.0 Å². The summed E-state index contributed by atoms with van der Waals surface area (Å²) in [5.74, 6) is -3.87. The van der Waals surface area contributed by atoms with Crippen LogP contribution >= 0.6 is 0 Å². The Kier molecular flexibility index (Phi) is 5.13. The Hall–Kier alpha value is -2.72. The molecule has 2 aromatic carbocycles. The zero-order chi connectivity index (χ0) is 20.6. The van der Waals surface area contributed by atoms with Crippen LogP contribution in [0.2, 0.25) is 0 Å². The van der Waals surface area contributed by atoms with Crippen LogP contribution in [0.3, 0.4) is 0 Å². The second-order valence-electron chi connectivity index (χ2n) is 6.68. The fraction of sp³-hybridized carbons (Fsp3) is 0.263. The van der Waals surface area contributed by atoms with Gasteiger partial charge in [-0.25, -0.2) is 21.6 Å². The van der Waals surface area contributed by atoms with Gasteiger partial charge < -0.3 is 14.5 Å². The van der Waals surface area contributed by atoms with Crippen molar-refractivity contribution in [2.45, 2.75) is 23.8 Å². The minimum Gasteiger partial charge on any atom is -0.486 e. The summed E-state index contributed by atoms with van der Waals surface area (Å²) in [6, 6.07) is 5.02. The number of hydrogen-bond acceptors (Lipinski definition) is 5. The van der Waals surface area contributed by atoms with Crippen molar-refractivity contribution in [3.05, 3.63) is 54.0 Å². The van der Waals surface area contributed by atoms with Crippen LogP contribution in [0.1, 0.15) is 12.8 Å². The molecule has 2 N–H and O–H groups in total. The number of anilines is 1. The molecule has 2 heterocycles. The number of sulfonamides is 1. The lowest BCUT2D eigenvalue weighted by molar-refractivity contribution is 0.162. The molecule has 1 aliphatic heterocycles. The van der Waals surface area contributed by atoms with Gasteiger partial charge in [0.1, 0.15) is 11.9 Å². The Morgan fingerprint density at radius 2 is 1.86 bits per heavy atom. The summed E-state index contributed by atoms with van der Waals surface area (Å²) in [5.41, 5.74) is -0.443. The molecule has 0 saturated carbocycles. The topological polar surface area (TPSA) is 80.6 Å². The first kappa shape index (κ1) is 19.6. The van der Waals surface area contributed by atoms with Crippen LogP contribution in [-0.4, -0.2) is 27.6 Å². The molecule has 1 aromatic heterocycles. The van der Waals surface area contributed by atoms with Crippen molar-refractivity contribution in [1.29, 1.82) is 0 Å². The van der Waals surface area contributed by atoms with Crippen LogP contribution in [0, 0.1) is 17.5 Å². The largest absolute Gasteiger partial charge is 0.486 e. The van der Waals surface area contributed by atoms with Gasteiger partial charge in [0.2, 0.25) is 0 Å². The molecule has 1 aliphatic rings. The molecule has 3 aromatic rings. The van der Waals surface area contributed by atoms with E-state index < -0.39 is 33.2 Å². The number of halogens is 3. The van der Waals surface area contributed by atoms with Crippen molar-refractivity contribution in [2.24, 2.45) is 0 Å². The van der Waals surface area contributed by atoms with Crippen molar-refractivity contribution >= 4 is 26.7 Å². The highest BCUT2D eigenvalue weighted by molar-refractivity contribution is 7.92. The molecule has 0 unspecified atom stereocenters. The third-order valence-electron chi connectivity index (χ3n) is 4.62. The summed E-state index contributed by atoms with van der Waals surface area (Å²) in [7, 11) is -4.36. The second kappa shape index (κ2) is 7.60. The van der Waals surface area contributed by atoms with Gasteiger partial charge >= 0.3 is 0 Å². The van der Waals surface area contributed by atoms with E-state index in [0.717, 1.165) is 25.9 Å². The standard InChI is InChI=1S/C19H17F3N2O4S/c20-12-8-15(21)18(22)16(9-12)24-29(25,26)14-7-11-3-6-27-19(11)17(10-14)28-13-1-4-23-5-2-13/h3,6-10,13,23-24H,1-2,4-5H2. The van der Waals surface area contributed by atoms with Gasteiger partial charge in [-0.3, -0.25) is 4.72 Å². The summed E-state index contributed by atoms with van der Waals surface area (Å²) in [4.78, 5) is -0.251. The lowest BCUT2D eigenvalue weighted by Crippen LogP contribution is -2.34. The lowest BCUT2D eigenvalue weighted by atomic mass is 10.1. The molecule has 4 rings (SSSR count). The Labute approximate surface area is 164 Å². The Morgan fingerprint density at radius 3 is 2.62 bits per heavy atom. The van der Waals surface area contributed by atoms with Crippen molar-refractivity contribution in [3.63, 3.8) is 0 Å². The number of piperidine rings is 1. The van der Waals surface area contributed by atoms with E-state index in [9.17, 15) is 21.6 Å². The van der Waals surface area contributed by atoms with Gasteiger partial charge in [0.05, 0.1) is 16.8 Å². The van der Waals surface area contributed by atoms with E-state index in [4.69, 9.17) is 9.15 Å². The van der Waals surface area contributed by atoms with Crippen LogP contribution in [0.4, 0.5) is 18.9 Å². The van der Waals surface area contributed by atoms with Crippen molar-refractivity contribution < 1.29 is 30.7 Å². The molecule has 0 amide bonds. The average Bonchev–Trinajstić information content (AvgIpc) is 3.15. The van der Waals surface area contributed by atoms with Gasteiger partial charge in [-0.1, -0.05) is 0 Å². The first-order chi connectivity index (χ1) is 13.8. The SMILES string of the molecule is O=S(=O)(Nc1cc(F)cc(F)c1F)c1cc(OC2CCNCC2)c2occc2c1. The number of ether oxygens (including phenoxy) is 1. The van der Waals surface area contributed by atoms with Crippen molar-refractivity contribution in [1.82, 2.24) is 5.32 Å². The molecule has 154 valence electrons. The summed E-state index contributed by atoms with van der Waals surface area (Å²) in [6.45, 7) is 1.55. The number of hydrogen-bond donors (Lipinski definition) is 2. The van der Waals surface area contributed by atoms with E-state index in [2.05, 4.69) is 5.32 Å². The first-order valence-corrected chi connectivity index (χ1v) is 10.4. The van der Waals surface area contributed by atoms with Gasteiger partial charge in [0.15, 0.2) is 23.0 Å². The zero-order valence-electron chi connectivity index (χ0n) is 15.0. The molecule has 29 heavy (non-hydrogen) atoms. The Bertz CT molecular complexity index is 1160. The third-order valence-corrected chi connectivity index (χ3v) is 5.96. The first-order valence-electron chi connectivity index (χ1n) is 8.89. The van der Waals surface area contributed by atoms with Crippen LogP contribution < -0.4 is 14.8 Å². The van der Waals surface area contributed by atoms with Gasteiger partial charge in [-0.15, -0.1) is 0 Å². The average molecular weight is 426 g/mol. The van der Waals surface area contributed by atoms with E-state index in [1.54, 1.807) is 6.07 Å². The number of fused-ring (bicyclic) bond motifs is 1. The molecule has 1 fully saturated rings. The third kappa shape index (κ3) is 4.03. The van der Waals surface area contributed by atoms with E-state index >= 15 is 0 Å². The van der Waals surface area contributed by atoms with Crippen LogP contribution in [0.25, 0.3) is 11.0 Å². The summed E-state index contributed by atoms with van der Waals surface area (Å²) >= 11 is 0. The highest BCUT2D eigenvalue weighted by Gasteiger charge is 2.24. The Morgan fingerprint density at radius 1 is 1.10 bits per heavy atom. The monoisotopic (exact) mass is 426 g/mol. The van der Waals surface area contributed by atoms with Crippen LogP contribution in [0.15, 0.2) is 45.9 Å². The van der Waals surface area contributed by atoms with Crippen molar-refractivity contribution in [3.8, 4) is 5.75 Å². The second-order valence-corrected chi connectivity index (χ2v) is 8.36. The van der Waals surface area contributed by atoms with E-state index in [0.29, 0.717) is 23.1 Å². The zero-order valence-corrected chi connectivity index (χ0v) is 15.9. The minimum atomic E-state index is -4.36. The smallest absolute Gasteiger partial charge is 0.262 e. The highest BCUT2D eigenvalue weighted by atomic mass is 32.2. The highest BCUT2D eigenvalue weighted by Crippen LogP contribution is 2.33. The molecular formula is C19H17F3N2O4S. The molecular weight excluding hydrogens is 409 g/mol. The van der Waals surface area contributed by atoms with Crippen molar-refractivity contribution in [2.75, 3.05) is 17.8 Å². The summed E-state index contributed by atoms with van der Waals surface area (Å²) in [6.07, 6.45) is 2.76. The molecule has 0 bridgehead atoms. The fourth-order valence-electron chi connectivity index (χ4n) is 3.19. The molecule has 0 radical (unpaired) electrons. The molecule has 1 saturated heterocycles. The van der Waals surface area contributed by atoms with E-state index in [1.165, 1.54) is 18.4 Å². The fourth-order valence-corrected chi connectivity index (χ4v) is 4.29. The Balaban J connectivity index is 1.71. The minimum absolute atomic E-state index is 0.120. The van der Waals surface area contributed by atoms with Crippen LogP contribution in [-0.2, 0) is 10.0 Å². The molecule has 0 aliphatic carbocycles. The maximum Gasteiger partial charge on any atom is 0.262 e. The number of nitrogens with one attached hydrogen (secondary N) is 2. The predicted molar refractivity (Wildman–Crippen MR) is 99.9 cm³/mol. The molecule has 6 nitrogen and oxygen atoms in total. The number of rotatable bonds is 5. The van der Waals surface area contributed by atoms with Gasteiger partial charge in [-0.05, 0) is 38.1 Å². The maximum atomic E-state index is 13.9. The van der Waals surface area contributed by atoms with Crippen LogP contribution in [0.5, 0.6) is 5.75 Å². The molecule has 10 heteroatoms. The normalized spacial score (nSPS) is 15.6. The summed E-state index contributed by atoms with van der Waals surface area (Å²) in [5, 5.41) is 3.66. The van der Waals surface area contributed by atoms with E-state index in [-0.39, 0.29) is 16.7 Å². The van der Waals surface area contributed by atoms with E-state index in [1.807, 2.05) is 4.72 Å². The van der Waals surface area contributed by atoms with Gasteiger partial charge in [0, 0.05) is 23.6 Å². The number of benzene rings is 2. The summed E-state index contributed by atoms with van der Waals surface area (Å²) < 4.78 is 79.5. The van der Waals surface area contributed by atoms with Gasteiger partial charge in [-0.2, -0.15) is 0 Å². The molecule has 0 atom stereocenters.